The number of benzene rings is 1. The van der Waals surface area contributed by atoms with Gasteiger partial charge in [0.05, 0.1) is 36.2 Å². The lowest BCUT2D eigenvalue weighted by Gasteiger charge is -2.42. The summed E-state index contributed by atoms with van der Waals surface area (Å²) < 4.78 is 18.2. The molecule has 2 heterocycles. The summed E-state index contributed by atoms with van der Waals surface area (Å²) in [6.45, 7) is 1.53. The molecule has 0 bridgehead atoms. The van der Waals surface area contributed by atoms with Gasteiger partial charge in [-0.2, -0.15) is 0 Å². The molecule has 2 aromatic rings. The number of aromatic nitrogens is 1. The zero-order chi connectivity index (χ0) is 24.2. The normalized spacial score (nSPS) is 21.2. The minimum absolute atomic E-state index is 0.0743. The second-order valence-corrected chi connectivity index (χ2v) is 9.48. The van der Waals surface area contributed by atoms with Crippen molar-refractivity contribution in [2.24, 2.45) is 10.4 Å². The van der Waals surface area contributed by atoms with Gasteiger partial charge in [-0.05, 0) is 30.7 Å². The first-order valence-electron chi connectivity index (χ1n) is 9.97. The van der Waals surface area contributed by atoms with Crippen molar-refractivity contribution in [1.82, 2.24) is 9.88 Å². The fourth-order valence-corrected chi connectivity index (χ4v) is 5.56. The minimum atomic E-state index is -1.69. The highest BCUT2D eigenvalue weighted by atomic mass is 35.5. The molecule has 1 aliphatic rings. The van der Waals surface area contributed by atoms with Gasteiger partial charge in [-0.25, -0.2) is 4.98 Å². The van der Waals surface area contributed by atoms with Gasteiger partial charge in [0.2, 0.25) is 5.91 Å². The fourth-order valence-electron chi connectivity index (χ4n) is 3.80. The van der Waals surface area contributed by atoms with E-state index in [1.807, 2.05) is 0 Å². The van der Waals surface area contributed by atoms with Gasteiger partial charge in [0, 0.05) is 10.5 Å². The van der Waals surface area contributed by atoms with Crippen LogP contribution < -0.4 is 0 Å². The molecule has 3 atom stereocenters. The van der Waals surface area contributed by atoms with Crippen molar-refractivity contribution < 1.29 is 18.5 Å². The van der Waals surface area contributed by atoms with E-state index in [9.17, 15) is 13.8 Å². The molecule has 1 aromatic heterocycles. The molecule has 3 unspecified atom stereocenters. The number of amidine groups is 1. The number of hydrogen-bond acceptors (Lipinski definition) is 6. The van der Waals surface area contributed by atoms with Crippen molar-refractivity contribution in [2.75, 3.05) is 19.4 Å². The Morgan fingerprint density at radius 3 is 2.45 bits per heavy atom. The largest absolute Gasteiger partial charge is 0.468 e. The zero-order valence-corrected chi connectivity index (χ0v) is 20.3. The van der Waals surface area contributed by atoms with Crippen LogP contribution in [-0.4, -0.2) is 57.3 Å². The lowest BCUT2D eigenvalue weighted by atomic mass is 9.75. The van der Waals surface area contributed by atoms with E-state index < -0.39 is 34.1 Å². The van der Waals surface area contributed by atoms with Gasteiger partial charge in [-0.1, -0.05) is 54.2 Å². The van der Waals surface area contributed by atoms with E-state index in [2.05, 4.69) is 10.9 Å². The first-order valence-corrected chi connectivity index (χ1v) is 12.0. The molecule has 1 aliphatic heterocycles. The summed E-state index contributed by atoms with van der Waals surface area (Å²) in [5.74, 6) is 1.17. The number of carbonyl (C=O) groups is 2. The number of methoxy groups -OCH3 is 1. The first-order chi connectivity index (χ1) is 15.8. The third-order valence-corrected chi connectivity index (χ3v) is 7.23. The molecule has 0 fully saturated rings. The monoisotopic (exact) mass is 505 g/mol. The van der Waals surface area contributed by atoms with Crippen LogP contribution in [0.5, 0.6) is 0 Å². The number of pyridine rings is 1. The number of terminal acetylenes is 1. The van der Waals surface area contributed by atoms with Crippen molar-refractivity contribution in [3.63, 3.8) is 0 Å². The number of nitrogens with zero attached hydrogens (tertiary/aromatic N) is 3. The summed E-state index contributed by atoms with van der Waals surface area (Å²) >= 11 is 12.1. The molecule has 33 heavy (non-hydrogen) atoms. The minimum Gasteiger partial charge on any atom is -0.468 e. The van der Waals surface area contributed by atoms with Crippen LogP contribution in [0.3, 0.4) is 0 Å². The maximum atomic E-state index is 13.8. The quantitative estimate of drug-likeness (QED) is 0.249. The van der Waals surface area contributed by atoms with E-state index in [-0.39, 0.29) is 34.9 Å². The van der Waals surface area contributed by atoms with Crippen molar-refractivity contribution in [3.8, 4) is 12.3 Å². The Bertz CT molecular complexity index is 1150. The predicted molar refractivity (Wildman–Crippen MR) is 128 cm³/mol. The van der Waals surface area contributed by atoms with Gasteiger partial charge in [-0.15, -0.1) is 6.42 Å². The van der Waals surface area contributed by atoms with Crippen LogP contribution >= 0.6 is 23.2 Å². The Kier molecular flexibility index (Phi) is 7.90. The van der Waals surface area contributed by atoms with Gasteiger partial charge in [0.25, 0.3) is 0 Å². The third kappa shape index (κ3) is 4.81. The fraction of sp³-hybridized carbons (Fsp3) is 0.304. The van der Waals surface area contributed by atoms with Crippen molar-refractivity contribution >= 4 is 51.7 Å². The Balaban J connectivity index is 2.21. The topological polar surface area (TPSA) is 88.9 Å². The average Bonchev–Trinajstić information content (AvgIpc) is 2.80. The second-order valence-electron chi connectivity index (χ2n) is 7.21. The summed E-state index contributed by atoms with van der Waals surface area (Å²) in [5, 5.41) is 0.191. The molecule has 7 nitrogen and oxygen atoms in total. The average molecular weight is 506 g/mol. The zero-order valence-electron chi connectivity index (χ0n) is 18.0. The first kappa shape index (κ1) is 24.9. The summed E-state index contributed by atoms with van der Waals surface area (Å²) in [4.78, 5) is 37.3. The summed E-state index contributed by atoms with van der Waals surface area (Å²) in [6, 6.07) is 10.7. The van der Waals surface area contributed by atoms with Gasteiger partial charge in [-0.3, -0.25) is 23.7 Å². The molecule has 0 aliphatic carbocycles. The number of aliphatic imine (C=N–C) groups is 1. The molecule has 0 spiro atoms. The molecule has 0 radical (unpaired) electrons. The number of amides is 1. The molecule has 0 N–H and O–H groups in total. The Morgan fingerprint density at radius 1 is 1.27 bits per heavy atom. The maximum Gasteiger partial charge on any atom is 0.323 e. The van der Waals surface area contributed by atoms with E-state index in [4.69, 9.17) is 39.4 Å². The molecule has 10 heteroatoms. The van der Waals surface area contributed by atoms with E-state index in [1.165, 1.54) is 24.1 Å². The number of rotatable bonds is 7. The van der Waals surface area contributed by atoms with Gasteiger partial charge >= 0.3 is 5.97 Å². The number of carbonyl (C=O) groups excluding carboxylic acids is 2. The molecule has 0 saturated heterocycles. The lowest BCUT2D eigenvalue weighted by molar-refractivity contribution is -0.163. The van der Waals surface area contributed by atoms with E-state index in [0.717, 1.165) is 0 Å². The smallest absolute Gasteiger partial charge is 0.323 e. The summed E-state index contributed by atoms with van der Waals surface area (Å²) in [6.07, 6.45) is 5.60. The van der Waals surface area contributed by atoms with Gasteiger partial charge < -0.3 is 4.74 Å². The van der Waals surface area contributed by atoms with E-state index in [0.29, 0.717) is 10.5 Å². The van der Waals surface area contributed by atoms with Gasteiger partial charge in [0.1, 0.15) is 16.1 Å². The number of ether oxygens (including phenoxy) is 1. The predicted octanol–water partition coefficient (Wildman–Crippen LogP) is 3.36. The molecular weight excluding hydrogens is 485 g/mol. The molecule has 1 amide bonds. The SMILES string of the molecule is C#CCN1C(=O)C(CC)(C(=O)OC)C(CS(=O)c2ccccc2)N=C1c1cc(Cl)nc(Cl)c1. The number of hydrogen-bond donors (Lipinski definition) is 0. The van der Waals surface area contributed by atoms with E-state index in [1.54, 1.807) is 37.3 Å². The highest BCUT2D eigenvalue weighted by Crippen LogP contribution is 2.39. The molecule has 172 valence electrons. The molecule has 0 saturated carbocycles. The van der Waals surface area contributed by atoms with Crippen LogP contribution in [0.1, 0.15) is 18.9 Å². The maximum absolute atomic E-state index is 13.8. The Labute approximate surface area is 204 Å². The van der Waals surface area contributed by atoms with E-state index >= 15 is 0 Å². The summed E-state index contributed by atoms with van der Waals surface area (Å²) in [5.41, 5.74) is -1.30. The summed E-state index contributed by atoms with van der Waals surface area (Å²) in [7, 11) is -0.348. The van der Waals surface area contributed by atoms with Crippen molar-refractivity contribution in [1.29, 1.82) is 0 Å². The standard InChI is InChI=1S/C23H21Cl2N3O4S/c1-4-11-28-20(15-12-18(24)27-19(25)13-15)26-17(14-33(31)16-9-7-6-8-10-16)23(5-2,21(28)29)22(30)32-3/h1,6-10,12-13,17H,5,11,14H2,2-3H3. The van der Waals surface area contributed by atoms with Gasteiger partial charge in [0.15, 0.2) is 5.41 Å². The van der Waals surface area contributed by atoms with Crippen LogP contribution in [0.15, 0.2) is 52.4 Å². The molecular formula is C23H21Cl2N3O4S. The lowest BCUT2D eigenvalue weighted by Crippen LogP contribution is -2.61. The second kappa shape index (κ2) is 10.5. The third-order valence-electron chi connectivity index (χ3n) is 5.42. The highest BCUT2D eigenvalue weighted by molar-refractivity contribution is 7.85. The van der Waals surface area contributed by atoms with Crippen LogP contribution in [0.4, 0.5) is 0 Å². The Hall–Kier alpha value is -2.73. The number of esters is 1. The highest BCUT2D eigenvalue weighted by Gasteiger charge is 2.57. The van der Waals surface area contributed by atoms with Crippen LogP contribution in [0, 0.1) is 17.8 Å². The number of halogens is 2. The van der Waals surface area contributed by atoms with Crippen LogP contribution in [0.2, 0.25) is 10.3 Å². The molecule has 3 rings (SSSR count). The van der Waals surface area contributed by atoms with Crippen LogP contribution in [-0.2, 0) is 25.1 Å². The Morgan fingerprint density at radius 2 is 1.91 bits per heavy atom. The van der Waals surface area contributed by atoms with Crippen molar-refractivity contribution in [2.45, 2.75) is 24.3 Å². The van der Waals surface area contributed by atoms with Crippen LogP contribution in [0.25, 0.3) is 0 Å². The molecule has 1 aromatic carbocycles. The van der Waals surface area contributed by atoms with Crippen molar-refractivity contribution in [3.05, 3.63) is 58.3 Å².